The smallest absolute Gasteiger partial charge is 0.223 e. The molecule has 1 unspecified atom stereocenters. The summed E-state index contributed by atoms with van der Waals surface area (Å²) >= 11 is 0. The van der Waals surface area contributed by atoms with Crippen LogP contribution in [-0.2, 0) is 11.2 Å². The number of benzene rings is 2. The van der Waals surface area contributed by atoms with Crippen molar-refractivity contribution in [2.75, 3.05) is 13.7 Å². The molecule has 150 valence electrons. The zero-order chi connectivity index (χ0) is 20.2. The lowest BCUT2D eigenvalue weighted by Gasteiger charge is -2.23. The highest BCUT2D eigenvalue weighted by atomic mass is 19.1. The molecular formula is C22H23FN4O2. The van der Waals surface area contributed by atoms with Crippen LogP contribution in [0.2, 0.25) is 0 Å². The number of halogens is 1. The number of ether oxygens (including phenoxy) is 1. The van der Waals surface area contributed by atoms with Gasteiger partial charge in [-0.25, -0.2) is 9.37 Å². The van der Waals surface area contributed by atoms with E-state index in [9.17, 15) is 9.18 Å². The molecule has 1 aliphatic heterocycles. The Bertz CT molecular complexity index is 969. The fourth-order valence-electron chi connectivity index (χ4n) is 3.69. The Labute approximate surface area is 168 Å². The molecule has 0 bridgehead atoms. The molecule has 0 saturated carbocycles. The number of rotatable bonds is 6. The summed E-state index contributed by atoms with van der Waals surface area (Å²) in [4.78, 5) is 19.3. The lowest BCUT2D eigenvalue weighted by molar-refractivity contribution is -0.132. The Balaban J connectivity index is 1.41. The summed E-state index contributed by atoms with van der Waals surface area (Å²) in [5.41, 5.74) is 1.84. The minimum absolute atomic E-state index is 0.0972. The van der Waals surface area contributed by atoms with Crippen molar-refractivity contribution in [3.05, 3.63) is 65.7 Å². The van der Waals surface area contributed by atoms with Crippen molar-refractivity contribution >= 4 is 5.91 Å². The summed E-state index contributed by atoms with van der Waals surface area (Å²) < 4.78 is 18.3. The molecule has 1 atom stereocenters. The van der Waals surface area contributed by atoms with Crippen molar-refractivity contribution in [3.8, 4) is 17.1 Å². The van der Waals surface area contributed by atoms with Crippen LogP contribution in [0.3, 0.4) is 0 Å². The van der Waals surface area contributed by atoms with E-state index in [1.165, 1.54) is 12.1 Å². The molecule has 0 radical (unpaired) electrons. The normalized spacial score (nSPS) is 16.2. The minimum atomic E-state index is -0.297. The van der Waals surface area contributed by atoms with Gasteiger partial charge < -0.3 is 9.64 Å². The number of nitrogens with zero attached hydrogens (tertiary/aromatic N) is 3. The SMILES string of the molecule is COc1ccc(CCC(=O)N2CCCC2c2nc(-c3ccc(F)cc3)n[nH]2)cc1. The number of aromatic amines is 1. The highest BCUT2D eigenvalue weighted by Gasteiger charge is 2.32. The molecule has 1 saturated heterocycles. The number of aromatic nitrogens is 3. The van der Waals surface area contributed by atoms with Crippen LogP contribution in [0, 0.1) is 5.82 Å². The molecule has 7 heteroatoms. The second kappa shape index (κ2) is 8.43. The lowest BCUT2D eigenvalue weighted by atomic mass is 10.1. The van der Waals surface area contributed by atoms with Gasteiger partial charge in [0.15, 0.2) is 5.82 Å². The Morgan fingerprint density at radius 1 is 1.21 bits per heavy atom. The van der Waals surface area contributed by atoms with E-state index < -0.39 is 0 Å². The fourth-order valence-corrected chi connectivity index (χ4v) is 3.69. The van der Waals surface area contributed by atoms with Gasteiger partial charge in [-0.05, 0) is 61.2 Å². The van der Waals surface area contributed by atoms with Gasteiger partial charge in [0, 0.05) is 18.5 Å². The summed E-state index contributed by atoms with van der Waals surface area (Å²) in [5, 5.41) is 7.23. The molecule has 29 heavy (non-hydrogen) atoms. The third kappa shape index (κ3) is 4.29. The van der Waals surface area contributed by atoms with Crippen LogP contribution < -0.4 is 4.74 Å². The van der Waals surface area contributed by atoms with Gasteiger partial charge >= 0.3 is 0 Å². The quantitative estimate of drug-likeness (QED) is 0.688. The molecule has 1 amide bonds. The molecule has 4 rings (SSSR count). The van der Waals surface area contributed by atoms with Crippen LogP contribution >= 0.6 is 0 Å². The number of H-pyrrole nitrogens is 1. The molecule has 1 aliphatic rings. The summed E-state index contributed by atoms with van der Waals surface area (Å²) in [5.74, 6) is 1.82. The Morgan fingerprint density at radius 2 is 1.97 bits per heavy atom. The van der Waals surface area contributed by atoms with E-state index in [0.29, 0.717) is 24.5 Å². The second-order valence-corrected chi connectivity index (χ2v) is 7.14. The number of aryl methyl sites for hydroxylation is 1. The van der Waals surface area contributed by atoms with E-state index in [2.05, 4.69) is 15.2 Å². The number of methoxy groups -OCH3 is 1. The third-order valence-corrected chi connectivity index (χ3v) is 5.28. The van der Waals surface area contributed by atoms with Crippen LogP contribution in [0.5, 0.6) is 5.75 Å². The molecular weight excluding hydrogens is 371 g/mol. The van der Waals surface area contributed by atoms with E-state index in [-0.39, 0.29) is 17.8 Å². The first kappa shape index (κ1) is 19.1. The number of hydrogen-bond donors (Lipinski definition) is 1. The molecule has 2 heterocycles. The number of carbonyl (C=O) groups excluding carboxylic acids is 1. The van der Waals surface area contributed by atoms with Gasteiger partial charge in [-0.2, -0.15) is 5.10 Å². The van der Waals surface area contributed by atoms with Crippen LogP contribution in [0.4, 0.5) is 4.39 Å². The molecule has 0 spiro atoms. The second-order valence-electron chi connectivity index (χ2n) is 7.14. The molecule has 1 aromatic heterocycles. The monoisotopic (exact) mass is 394 g/mol. The van der Waals surface area contributed by atoms with Crippen LogP contribution in [0.1, 0.15) is 36.7 Å². The zero-order valence-electron chi connectivity index (χ0n) is 16.3. The van der Waals surface area contributed by atoms with Gasteiger partial charge in [-0.15, -0.1) is 0 Å². The molecule has 0 aliphatic carbocycles. The number of hydrogen-bond acceptors (Lipinski definition) is 4. The van der Waals surface area contributed by atoms with Gasteiger partial charge in [0.05, 0.1) is 13.2 Å². The predicted molar refractivity (Wildman–Crippen MR) is 107 cm³/mol. The fraction of sp³-hybridized carbons (Fsp3) is 0.318. The van der Waals surface area contributed by atoms with Gasteiger partial charge in [0.2, 0.25) is 5.91 Å². The third-order valence-electron chi connectivity index (χ3n) is 5.28. The van der Waals surface area contributed by atoms with Crippen LogP contribution in [0.25, 0.3) is 11.4 Å². The molecule has 3 aromatic rings. The van der Waals surface area contributed by atoms with E-state index >= 15 is 0 Å². The molecule has 6 nitrogen and oxygen atoms in total. The summed E-state index contributed by atoms with van der Waals surface area (Å²) in [6.45, 7) is 0.721. The molecule has 1 N–H and O–H groups in total. The first-order valence-electron chi connectivity index (χ1n) is 9.74. The predicted octanol–water partition coefficient (Wildman–Crippen LogP) is 3.92. The highest BCUT2D eigenvalue weighted by Crippen LogP contribution is 2.31. The topological polar surface area (TPSA) is 71.1 Å². The zero-order valence-corrected chi connectivity index (χ0v) is 16.3. The van der Waals surface area contributed by atoms with Crippen molar-refractivity contribution in [1.82, 2.24) is 20.1 Å². The average molecular weight is 394 g/mol. The van der Waals surface area contributed by atoms with E-state index in [1.807, 2.05) is 29.2 Å². The maximum absolute atomic E-state index is 13.1. The summed E-state index contributed by atoms with van der Waals surface area (Å²) in [7, 11) is 1.64. The standard InChI is InChI=1S/C22H23FN4O2/c1-29-18-11-4-15(5-12-18)6-13-20(28)27-14-2-3-19(27)22-24-21(25-26-22)16-7-9-17(23)10-8-16/h4-5,7-12,19H,2-3,6,13-14H2,1H3,(H,24,25,26). The van der Waals surface area contributed by atoms with E-state index in [0.717, 1.165) is 36.3 Å². The average Bonchev–Trinajstić information content (AvgIpc) is 3.42. The summed E-state index contributed by atoms with van der Waals surface area (Å²) in [6.07, 6.45) is 2.92. The van der Waals surface area contributed by atoms with Gasteiger partial charge in [-0.3, -0.25) is 9.89 Å². The minimum Gasteiger partial charge on any atom is -0.497 e. The Morgan fingerprint density at radius 3 is 2.69 bits per heavy atom. The van der Waals surface area contributed by atoms with Crippen molar-refractivity contribution in [2.24, 2.45) is 0 Å². The highest BCUT2D eigenvalue weighted by molar-refractivity contribution is 5.77. The number of amides is 1. The number of likely N-dealkylation sites (tertiary alicyclic amines) is 1. The Hall–Kier alpha value is -3.22. The van der Waals surface area contributed by atoms with Crippen molar-refractivity contribution < 1.29 is 13.9 Å². The van der Waals surface area contributed by atoms with Crippen molar-refractivity contribution in [2.45, 2.75) is 31.7 Å². The molecule has 2 aromatic carbocycles. The lowest BCUT2D eigenvalue weighted by Crippen LogP contribution is -2.31. The maximum Gasteiger partial charge on any atom is 0.223 e. The van der Waals surface area contributed by atoms with Gasteiger partial charge in [0.25, 0.3) is 0 Å². The van der Waals surface area contributed by atoms with Crippen LogP contribution in [0.15, 0.2) is 48.5 Å². The van der Waals surface area contributed by atoms with Crippen molar-refractivity contribution in [3.63, 3.8) is 0 Å². The first-order valence-corrected chi connectivity index (χ1v) is 9.74. The van der Waals surface area contributed by atoms with E-state index in [1.54, 1.807) is 19.2 Å². The summed E-state index contributed by atoms with van der Waals surface area (Å²) in [6, 6.07) is 13.8. The van der Waals surface area contributed by atoms with Gasteiger partial charge in [-0.1, -0.05) is 12.1 Å². The number of carbonyl (C=O) groups is 1. The Kier molecular flexibility index (Phi) is 5.55. The molecule has 1 fully saturated rings. The van der Waals surface area contributed by atoms with E-state index in [4.69, 9.17) is 4.74 Å². The largest absolute Gasteiger partial charge is 0.497 e. The van der Waals surface area contributed by atoms with Gasteiger partial charge in [0.1, 0.15) is 17.4 Å². The maximum atomic E-state index is 13.1. The van der Waals surface area contributed by atoms with Crippen molar-refractivity contribution in [1.29, 1.82) is 0 Å². The van der Waals surface area contributed by atoms with Crippen LogP contribution in [-0.4, -0.2) is 39.6 Å². The number of nitrogens with one attached hydrogen (secondary N) is 1. The first-order chi connectivity index (χ1) is 14.1.